The van der Waals surface area contributed by atoms with Crippen molar-refractivity contribution in [3.05, 3.63) is 48.5 Å². The van der Waals surface area contributed by atoms with Crippen LogP contribution >= 0.6 is 0 Å². The second-order valence-corrected chi connectivity index (χ2v) is 7.91. The standard InChI is InChI=1S/C17H23N3O3S/c1-2-23-16-8-5-9-17(16)24(21,22)19-12-14-6-3-4-7-15(14)20-11-10-18-13-20/h3-4,6-7,10-11,13,16-17,19H,2,5,8-9,12H2,1H3. The van der Waals surface area contributed by atoms with Gasteiger partial charge >= 0.3 is 0 Å². The van der Waals surface area contributed by atoms with Gasteiger partial charge in [-0.05, 0) is 37.8 Å². The van der Waals surface area contributed by atoms with Crippen molar-refractivity contribution >= 4 is 10.0 Å². The number of nitrogens with zero attached hydrogens (tertiary/aromatic N) is 2. The SMILES string of the molecule is CCOC1CCCC1S(=O)(=O)NCc1ccccc1-n1ccnc1. The molecule has 2 unspecified atom stereocenters. The Hall–Kier alpha value is -1.70. The lowest BCUT2D eigenvalue weighted by atomic mass is 10.2. The third-order valence-corrected chi connectivity index (χ3v) is 6.29. The topological polar surface area (TPSA) is 73.2 Å². The molecule has 1 aromatic carbocycles. The van der Waals surface area contributed by atoms with Crippen molar-refractivity contribution in [1.29, 1.82) is 0 Å². The number of nitrogens with one attached hydrogen (secondary N) is 1. The molecule has 6 nitrogen and oxygen atoms in total. The van der Waals surface area contributed by atoms with Crippen LogP contribution in [-0.2, 0) is 21.3 Å². The average molecular weight is 349 g/mol. The summed E-state index contributed by atoms with van der Waals surface area (Å²) in [5, 5.41) is -0.460. The Labute approximate surface area is 142 Å². The second-order valence-electron chi connectivity index (χ2n) is 5.93. The minimum atomic E-state index is -3.42. The summed E-state index contributed by atoms with van der Waals surface area (Å²) in [4.78, 5) is 4.05. The molecule has 1 saturated carbocycles. The molecule has 0 saturated heterocycles. The predicted molar refractivity (Wildman–Crippen MR) is 92.4 cm³/mol. The molecule has 2 atom stereocenters. The van der Waals surface area contributed by atoms with Gasteiger partial charge in [-0.1, -0.05) is 18.2 Å². The summed E-state index contributed by atoms with van der Waals surface area (Å²) in [6.45, 7) is 2.70. The number of sulfonamides is 1. The number of para-hydroxylation sites is 1. The summed E-state index contributed by atoms with van der Waals surface area (Å²) >= 11 is 0. The molecule has 1 aliphatic rings. The Morgan fingerprint density at radius 1 is 1.33 bits per heavy atom. The predicted octanol–water partition coefficient (Wildman–Crippen LogP) is 2.25. The smallest absolute Gasteiger partial charge is 0.217 e. The highest BCUT2D eigenvalue weighted by molar-refractivity contribution is 7.90. The number of hydrogen-bond donors (Lipinski definition) is 1. The van der Waals surface area contributed by atoms with E-state index in [1.54, 1.807) is 12.5 Å². The van der Waals surface area contributed by atoms with Gasteiger partial charge < -0.3 is 9.30 Å². The van der Waals surface area contributed by atoms with Crippen LogP contribution in [0, 0.1) is 0 Å². The first-order valence-electron chi connectivity index (χ1n) is 8.28. The number of hydrogen-bond acceptors (Lipinski definition) is 4. The van der Waals surface area contributed by atoms with Gasteiger partial charge in [-0.15, -0.1) is 0 Å². The van der Waals surface area contributed by atoms with Crippen molar-refractivity contribution in [3.63, 3.8) is 0 Å². The first kappa shape index (κ1) is 17.1. The highest BCUT2D eigenvalue weighted by Crippen LogP contribution is 2.28. The zero-order chi connectivity index (χ0) is 17.0. The summed E-state index contributed by atoms with van der Waals surface area (Å²) in [5.41, 5.74) is 1.83. The van der Waals surface area contributed by atoms with Gasteiger partial charge in [0.05, 0.1) is 18.1 Å². The van der Waals surface area contributed by atoms with Crippen molar-refractivity contribution < 1.29 is 13.2 Å². The lowest BCUT2D eigenvalue weighted by molar-refractivity contribution is 0.0701. The van der Waals surface area contributed by atoms with Crippen LogP contribution in [0.1, 0.15) is 31.7 Å². The first-order valence-corrected chi connectivity index (χ1v) is 9.82. The van der Waals surface area contributed by atoms with E-state index in [4.69, 9.17) is 4.74 Å². The molecule has 3 rings (SSSR count). The highest BCUT2D eigenvalue weighted by atomic mass is 32.2. The molecule has 0 spiro atoms. The Morgan fingerprint density at radius 3 is 2.92 bits per heavy atom. The fourth-order valence-corrected chi connectivity index (χ4v) is 4.91. The van der Waals surface area contributed by atoms with Gasteiger partial charge in [0.2, 0.25) is 10.0 Å². The van der Waals surface area contributed by atoms with E-state index in [-0.39, 0.29) is 12.6 Å². The molecule has 130 valence electrons. The molecular weight excluding hydrogens is 326 g/mol. The molecule has 24 heavy (non-hydrogen) atoms. The quantitative estimate of drug-likeness (QED) is 0.832. The molecule has 0 amide bonds. The molecule has 7 heteroatoms. The van der Waals surface area contributed by atoms with Crippen LogP contribution in [-0.4, -0.2) is 35.9 Å². The molecule has 1 heterocycles. The first-order chi connectivity index (χ1) is 11.6. The highest BCUT2D eigenvalue weighted by Gasteiger charge is 2.37. The van der Waals surface area contributed by atoms with Gasteiger partial charge in [-0.25, -0.2) is 18.1 Å². The van der Waals surface area contributed by atoms with Gasteiger partial charge in [-0.3, -0.25) is 0 Å². The normalized spacial score (nSPS) is 21.2. The van der Waals surface area contributed by atoms with E-state index < -0.39 is 15.3 Å². The average Bonchev–Trinajstić information content (AvgIpc) is 3.25. The van der Waals surface area contributed by atoms with Gasteiger partial charge in [0.1, 0.15) is 5.25 Å². The lowest BCUT2D eigenvalue weighted by Crippen LogP contribution is -2.39. The van der Waals surface area contributed by atoms with E-state index in [1.165, 1.54) is 0 Å². The largest absolute Gasteiger partial charge is 0.377 e. The van der Waals surface area contributed by atoms with Crippen LogP contribution in [0.5, 0.6) is 0 Å². The number of rotatable bonds is 7. The number of imidazole rings is 1. The van der Waals surface area contributed by atoms with Crippen LogP contribution in [0.4, 0.5) is 0 Å². The summed E-state index contributed by atoms with van der Waals surface area (Å²) < 4.78 is 35.6. The van der Waals surface area contributed by atoms with Crippen molar-refractivity contribution in [2.24, 2.45) is 0 Å². The van der Waals surface area contributed by atoms with Gasteiger partial charge in [0, 0.05) is 25.5 Å². The lowest BCUT2D eigenvalue weighted by Gasteiger charge is -2.20. The van der Waals surface area contributed by atoms with Crippen LogP contribution in [0.3, 0.4) is 0 Å². The molecule has 1 N–H and O–H groups in total. The zero-order valence-corrected chi connectivity index (χ0v) is 14.6. The maximum Gasteiger partial charge on any atom is 0.217 e. The Kier molecular flexibility index (Phi) is 5.33. The molecule has 1 fully saturated rings. The summed E-state index contributed by atoms with van der Waals surface area (Å²) in [5.74, 6) is 0. The minimum absolute atomic E-state index is 0.198. The van der Waals surface area contributed by atoms with Gasteiger partial charge in [0.25, 0.3) is 0 Å². The molecule has 0 aliphatic heterocycles. The Balaban J connectivity index is 1.74. The van der Waals surface area contributed by atoms with Crippen molar-refractivity contribution in [1.82, 2.24) is 14.3 Å². The minimum Gasteiger partial charge on any atom is -0.377 e. The molecule has 0 bridgehead atoms. The second kappa shape index (κ2) is 7.46. The van der Waals surface area contributed by atoms with Crippen LogP contribution < -0.4 is 4.72 Å². The van der Waals surface area contributed by atoms with E-state index in [9.17, 15) is 8.42 Å². The van der Waals surface area contributed by atoms with Crippen LogP contribution in [0.2, 0.25) is 0 Å². The third kappa shape index (κ3) is 3.68. The summed E-state index contributed by atoms with van der Waals surface area (Å²) in [6, 6.07) is 7.70. The molecule has 0 radical (unpaired) electrons. The summed E-state index contributed by atoms with van der Waals surface area (Å²) in [6.07, 6.45) is 7.41. The monoisotopic (exact) mass is 349 g/mol. The number of ether oxygens (including phenoxy) is 1. The number of benzene rings is 1. The van der Waals surface area contributed by atoms with E-state index in [1.807, 2.05) is 42.0 Å². The fourth-order valence-electron chi connectivity index (χ4n) is 3.25. The fraction of sp³-hybridized carbons (Fsp3) is 0.471. The zero-order valence-electron chi connectivity index (χ0n) is 13.8. The van der Waals surface area contributed by atoms with Crippen LogP contribution in [0.15, 0.2) is 43.0 Å². The van der Waals surface area contributed by atoms with E-state index in [0.717, 1.165) is 24.1 Å². The van der Waals surface area contributed by atoms with Crippen LogP contribution in [0.25, 0.3) is 5.69 Å². The maximum absolute atomic E-state index is 12.7. The Morgan fingerprint density at radius 2 is 2.17 bits per heavy atom. The van der Waals surface area contributed by atoms with E-state index in [2.05, 4.69) is 9.71 Å². The van der Waals surface area contributed by atoms with Crippen molar-refractivity contribution in [2.45, 2.75) is 44.1 Å². The maximum atomic E-state index is 12.7. The Bertz CT molecular complexity index is 759. The van der Waals surface area contributed by atoms with Crippen molar-refractivity contribution in [2.75, 3.05) is 6.61 Å². The van der Waals surface area contributed by atoms with E-state index in [0.29, 0.717) is 13.0 Å². The van der Waals surface area contributed by atoms with Gasteiger partial charge in [-0.2, -0.15) is 0 Å². The third-order valence-electron chi connectivity index (χ3n) is 4.41. The molecule has 1 aromatic heterocycles. The summed E-state index contributed by atoms with van der Waals surface area (Å²) in [7, 11) is -3.42. The van der Waals surface area contributed by atoms with E-state index >= 15 is 0 Å². The van der Waals surface area contributed by atoms with Crippen molar-refractivity contribution in [3.8, 4) is 5.69 Å². The molecule has 1 aliphatic carbocycles. The molecular formula is C17H23N3O3S. The molecule has 2 aromatic rings. The van der Waals surface area contributed by atoms with Gasteiger partial charge in [0.15, 0.2) is 0 Å². The number of aromatic nitrogens is 2.